The maximum Gasteiger partial charge on any atom is 0.307 e. The van der Waals surface area contributed by atoms with Gasteiger partial charge in [-0.05, 0) is 42.9 Å². The Bertz CT molecular complexity index is 761. The van der Waals surface area contributed by atoms with Gasteiger partial charge in [0.15, 0.2) is 0 Å². The first-order valence-corrected chi connectivity index (χ1v) is 7.42. The first-order valence-electron chi connectivity index (χ1n) is 7.42. The van der Waals surface area contributed by atoms with Gasteiger partial charge in [0, 0.05) is 18.7 Å². The minimum Gasteiger partial charge on any atom is -0.481 e. The van der Waals surface area contributed by atoms with Crippen LogP contribution in [0.25, 0.3) is 11.0 Å². The number of piperidine rings is 1. The fourth-order valence-corrected chi connectivity index (χ4v) is 3.56. The van der Waals surface area contributed by atoms with Crippen molar-refractivity contribution in [2.24, 2.45) is 11.3 Å². The normalized spacial score (nSPS) is 22.9. The summed E-state index contributed by atoms with van der Waals surface area (Å²) in [4.78, 5) is 25.4. The van der Waals surface area contributed by atoms with E-state index in [9.17, 15) is 9.59 Å². The fraction of sp³-hybridized carbons (Fsp3) is 0.467. The van der Waals surface area contributed by atoms with Crippen LogP contribution in [0.2, 0.25) is 0 Å². The van der Waals surface area contributed by atoms with Gasteiger partial charge in [-0.2, -0.15) is 15.4 Å². The van der Waals surface area contributed by atoms with Crippen LogP contribution in [0.15, 0.2) is 18.2 Å². The quantitative estimate of drug-likeness (QED) is 0.870. The van der Waals surface area contributed by atoms with E-state index in [1.54, 1.807) is 18.2 Å². The van der Waals surface area contributed by atoms with Crippen LogP contribution in [0.3, 0.4) is 0 Å². The number of carbonyl (C=O) groups is 2. The number of carboxylic acids is 1. The van der Waals surface area contributed by atoms with Crippen molar-refractivity contribution in [1.29, 1.82) is 0 Å². The Morgan fingerprint density at radius 3 is 2.64 bits per heavy atom. The third-order valence-electron chi connectivity index (χ3n) is 5.10. The summed E-state index contributed by atoms with van der Waals surface area (Å²) in [6.07, 6.45) is 2.32. The zero-order valence-electron chi connectivity index (χ0n) is 12.0. The lowest BCUT2D eigenvalue weighted by atomic mass is 9.90. The fourth-order valence-electron chi connectivity index (χ4n) is 3.56. The van der Waals surface area contributed by atoms with E-state index in [1.807, 2.05) is 4.90 Å². The molecule has 1 amide bonds. The monoisotopic (exact) mass is 300 g/mol. The van der Waals surface area contributed by atoms with Crippen molar-refractivity contribution >= 4 is 22.9 Å². The van der Waals surface area contributed by atoms with E-state index in [4.69, 9.17) is 5.11 Å². The van der Waals surface area contributed by atoms with Crippen molar-refractivity contribution in [3.8, 4) is 0 Å². The summed E-state index contributed by atoms with van der Waals surface area (Å²) in [5, 5.41) is 19.6. The highest BCUT2D eigenvalue weighted by Gasteiger charge is 2.59. The molecule has 1 unspecified atom stereocenters. The van der Waals surface area contributed by atoms with E-state index >= 15 is 0 Å². The maximum atomic E-state index is 12.6. The number of aromatic amines is 1. The van der Waals surface area contributed by atoms with Gasteiger partial charge >= 0.3 is 5.97 Å². The van der Waals surface area contributed by atoms with Crippen LogP contribution >= 0.6 is 0 Å². The molecule has 0 radical (unpaired) electrons. The topological polar surface area (TPSA) is 99.2 Å². The molecule has 1 aliphatic heterocycles. The van der Waals surface area contributed by atoms with Gasteiger partial charge < -0.3 is 10.0 Å². The Kier molecular flexibility index (Phi) is 2.72. The Hall–Kier alpha value is -2.44. The van der Waals surface area contributed by atoms with Crippen LogP contribution in [0.4, 0.5) is 0 Å². The number of aliphatic carboxylic acids is 1. The van der Waals surface area contributed by atoms with Crippen molar-refractivity contribution in [2.45, 2.75) is 19.3 Å². The van der Waals surface area contributed by atoms with Crippen molar-refractivity contribution in [1.82, 2.24) is 20.3 Å². The molecule has 1 aromatic heterocycles. The molecule has 1 spiro atoms. The van der Waals surface area contributed by atoms with Crippen LogP contribution in [-0.4, -0.2) is 50.4 Å². The van der Waals surface area contributed by atoms with Crippen LogP contribution in [0.1, 0.15) is 29.6 Å². The van der Waals surface area contributed by atoms with Gasteiger partial charge in [0.05, 0.1) is 5.92 Å². The van der Waals surface area contributed by atoms with E-state index in [1.165, 1.54) is 0 Å². The average molecular weight is 300 g/mol. The van der Waals surface area contributed by atoms with Crippen LogP contribution < -0.4 is 0 Å². The Labute approximate surface area is 126 Å². The molecule has 2 N–H and O–H groups in total. The molecule has 7 heteroatoms. The predicted molar refractivity (Wildman–Crippen MR) is 77.2 cm³/mol. The number of rotatable bonds is 2. The van der Waals surface area contributed by atoms with Gasteiger partial charge in [0.25, 0.3) is 5.91 Å². The highest BCUT2D eigenvalue weighted by atomic mass is 16.4. The molecule has 1 saturated heterocycles. The second kappa shape index (κ2) is 4.53. The molecule has 0 bridgehead atoms. The highest BCUT2D eigenvalue weighted by Crippen LogP contribution is 2.59. The summed E-state index contributed by atoms with van der Waals surface area (Å²) in [6, 6.07) is 5.27. The predicted octanol–water partition coefficient (Wildman–Crippen LogP) is 1.28. The third kappa shape index (κ3) is 1.96. The molecule has 4 rings (SSSR count). The van der Waals surface area contributed by atoms with Crippen LogP contribution in [-0.2, 0) is 4.79 Å². The molecule has 7 nitrogen and oxygen atoms in total. The molecule has 2 fully saturated rings. The number of H-pyrrole nitrogens is 1. The number of likely N-dealkylation sites (tertiary alicyclic amines) is 1. The molecule has 114 valence electrons. The van der Waals surface area contributed by atoms with Gasteiger partial charge in [-0.3, -0.25) is 9.59 Å². The number of hydrogen-bond acceptors (Lipinski definition) is 4. The van der Waals surface area contributed by atoms with E-state index in [2.05, 4.69) is 15.4 Å². The van der Waals surface area contributed by atoms with Gasteiger partial charge in [-0.1, -0.05) is 0 Å². The number of carbonyl (C=O) groups excluding carboxylic acids is 1. The minimum absolute atomic E-state index is 0.0210. The number of fused-ring (bicyclic) bond motifs is 1. The van der Waals surface area contributed by atoms with Gasteiger partial charge in [-0.25, -0.2) is 0 Å². The van der Waals surface area contributed by atoms with Gasteiger partial charge in [0.2, 0.25) is 0 Å². The lowest BCUT2D eigenvalue weighted by molar-refractivity contribution is -0.139. The van der Waals surface area contributed by atoms with Crippen molar-refractivity contribution < 1.29 is 14.7 Å². The minimum atomic E-state index is -0.698. The summed E-state index contributed by atoms with van der Waals surface area (Å²) in [7, 11) is 0. The van der Waals surface area contributed by atoms with E-state index < -0.39 is 5.97 Å². The molecular formula is C15H16N4O3. The second-order valence-electron chi connectivity index (χ2n) is 6.28. The zero-order chi connectivity index (χ0) is 15.3. The Morgan fingerprint density at radius 1 is 1.23 bits per heavy atom. The SMILES string of the molecule is O=C(O)C1CC12CCN(C(=O)c1ccc3n[nH]nc3c1)CC2. The third-order valence-corrected chi connectivity index (χ3v) is 5.10. The summed E-state index contributed by atoms with van der Waals surface area (Å²) >= 11 is 0. The Morgan fingerprint density at radius 2 is 1.95 bits per heavy atom. The Balaban J connectivity index is 1.47. The maximum absolute atomic E-state index is 12.6. The molecule has 2 aliphatic rings. The molecule has 22 heavy (non-hydrogen) atoms. The molecule has 1 atom stereocenters. The zero-order valence-corrected chi connectivity index (χ0v) is 12.0. The molecule has 2 heterocycles. The van der Waals surface area contributed by atoms with Crippen molar-refractivity contribution in [2.75, 3.05) is 13.1 Å². The largest absolute Gasteiger partial charge is 0.481 e. The molecule has 1 saturated carbocycles. The molecule has 1 aliphatic carbocycles. The second-order valence-corrected chi connectivity index (χ2v) is 6.28. The number of nitrogens with one attached hydrogen (secondary N) is 1. The van der Waals surface area contributed by atoms with Gasteiger partial charge in [0.1, 0.15) is 11.0 Å². The number of hydrogen-bond donors (Lipinski definition) is 2. The summed E-state index contributed by atoms with van der Waals surface area (Å²) in [5.41, 5.74) is 1.95. The summed E-state index contributed by atoms with van der Waals surface area (Å²) in [5.74, 6) is -0.931. The number of benzene rings is 1. The molecular weight excluding hydrogens is 284 g/mol. The lowest BCUT2D eigenvalue weighted by Crippen LogP contribution is -2.40. The first kappa shape index (κ1) is 13.2. The number of carboxylic acid groups (broad SMARTS) is 1. The van der Waals surface area contributed by atoms with E-state index in [0.717, 1.165) is 24.8 Å². The van der Waals surface area contributed by atoms with Gasteiger partial charge in [-0.15, -0.1) is 0 Å². The molecule has 2 aromatic rings. The first-order chi connectivity index (χ1) is 10.6. The standard InChI is InChI=1S/C15H16N4O3/c20-13(9-1-2-11-12(7-9)17-18-16-11)19-5-3-15(4-6-19)8-10(15)14(21)22/h1-2,7,10H,3-6,8H2,(H,21,22)(H,16,17,18). The number of nitrogens with zero attached hydrogens (tertiary/aromatic N) is 3. The van der Waals surface area contributed by atoms with Crippen LogP contribution in [0.5, 0.6) is 0 Å². The van der Waals surface area contributed by atoms with Crippen molar-refractivity contribution in [3.63, 3.8) is 0 Å². The summed E-state index contributed by atoms with van der Waals surface area (Å²) < 4.78 is 0. The smallest absolute Gasteiger partial charge is 0.307 e. The number of aromatic nitrogens is 3. The van der Waals surface area contributed by atoms with Crippen LogP contribution in [0, 0.1) is 11.3 Å². The van der Waals surface area contributed by atoms with E-state index in [0.29, 0.717) is 24.2 Å². The number of amides is 1. The lowest BCUT2D eigenvalue weighted by Gasteiger charge is -2.32. The average Bonchev–Trinajstić information content (AvgIpc) is 3.03. The van der Waals surface area contributed by atoms with E-state index in [-0.39, 0.29) is 17.2 Å². The van der Waals surface area contributed by atoms with Crippen molar-refractivity contribution in [3.05, 3.63) is 23.8 Å². The molecule has 1 aromatic carbocycles. The summed E-state index contributed by atoms with van der Waals surface area (Å²) in [6.45, 7) is 1.25. The highest BCUT2D eigenvalue weighted by molar-refractivity contribution is 5.97.